The number of fused-ring (bicyclic) bond motifs is 1. The summed E-state index contributed by atoms with van der Waals surface area (Å²) in [6, 6.07) is 6.35. The lowest BCUT2D eigenvalue weighted by Crippen LogP contribution is -2.50. The van der Waals surface area contributed by atoms with E-state index in [1.165, 1.54) is 12.0 Å². The summed E-state index contributed by atoms with van der Waals surface area (Å²) in [5.41, 5.74) is 9.76. The highest BCUT2D eigenvalue weighted by atomic mass is 16.5. The molecule has 0 unspecified atom stereocenters. The lowest BCUT2D eigenvalue weighted by Gasteiger charge is -2.38. The van der Waals surface area contributed by atoms with E-state index in [0.29, 0.717) is 18.3 Å². The van der Waals surface area contributed by atoms with E-state index < -0.39 is 0 Å². The van der Waals surface area contributed by atoms with Gasteiger partial charge in [-0.25, -0.2) is 4.98 Å². The Hall–Kier alpha value is -3.40. The number of methoxy groups -OCH3 is 1. The number of hydrogen-bond donors (Lipinski definition) is 2. The van der Waals surface area contributed by atoms with Gasteiger partial charge in [-0.05, 0) is 37.0 Å². The highest BCUT2D eigenvalue weighted by molar-refractivity contribution is 5.86. The molecule has 1 aromatic carbocycles. The minimum atomic E-state index is 0.236. The predicted octanol–water partition coefficient (Wildman–Crippen LogP) is 3.12. The normalized spacial score (nSPS) is 16.6. The maximum atomic E-state index is 12.6. The lowest BCUT2D eigenvalue weighted by molar-refractivity contribution is -0.140. The number of nitrogen functional groups attached to an aromatic ring is 1. The molecular weight excluding hydrogens is 468 g/mol. The molecule has 0 spiro atoms. The number of carbonyl (C=O) groups excluding carboxylic acids is 1. The number of unbranched alkanes of at least 4 members (excludes halogenated alkanes) is 1. The second kappa shape index (κ2) is 11.3. The van der Waals surface area contributed by atoms with Gasteiger partial charge in [0.25, 0.3) is 0 Å². The van der Waals surface area contributed by atoms with E-state index in [9.17, 15) is 4.79 Å². The van der Waals surface area contributed by atoms with Crippen LogP contribution in [-0.2, 0) is 17.9 Å². The zero-order chi connectivity index (χ0) is 25.8. The topological polar surface area (TPSA) is 114 Å². The van der Waals surface area contributed by atoms with Gasteiger partial charge in [0.05, 0.1) is 19.9 Å². The second-order valence-electron chi connectivity index (χ2n) is 10.1. The van der Waals surface area contributed by atoms with Crippen LogP contribution in [0.5, 0.6) is 5.75 Å². The van der Waals surface area contributed by atoms with E-state index in [1.807, 2.05) is 10.7 Å². The summed E-state index contributed by atoms with van der Waals surface area (Å²) in [6.45, 7) is 7.76. The van der Waals surface area contributed by atoms with Gasteiger partial charge in [-0.15, -0.1) is 0 Å². The van der Waals surface area contributed by atoms with Crippen LogP contribution in [0.4, 0.5) is 11.8 Å². The molecule has 3 aromatic rings. The van der Waals surface area contributed by atoms with E-state index in [1.54, 1.807) is 13.3 Å². The summed E-state index contributed by atoms with van der Waals surface area (Å²) in [7, 11) is 1.69. The van der Waals surface area contributed by atoms with E-state index in [0.717, 1.165) is 87.3 Å². The molecule has 3 heterocycles. The Morgan fingerprint density at radius 3 is 2.68 bits per heavy atom. The first kappa shape index (κ1) is 25.3. The van der Waals surface area contributed by atoms with Crippen molar-refractivity contribution in [3.8, 4) is 5.75 Å². The minimum absolute atomic E-state index is 0.236. The monoisotopic (exact) mass is 506 g/mol. The van der Waals surface area contributed by atoms with Gasteiger partial charge < -0.3 is 20.7 Å². The molecule has 0 radical (unpaired) electrons. The minimum Gasteiger partial charge on any atom is -0.496 e. The molecule has 0 bridgehead atoms. The number of anilines is 2. The van der Waals surface area contributed by atoms with Gasteiger partial charge in [0.2, 0.25) is 11.9 Å². The van der Waals surface area contributed by atoms with Gasteiger partial charge in [-0.3, -0.25) is 14.4 Å². The third-order valence-electron chi connectivity index (χ3n) is 7.54. The van der Waals surface area contributed by atoms with Crippen molar-refractivity contribution in [1.29, 1.82) is 0 Å². The standard InChI is InChI=1S/C27H38N8O2/c1-3-4-10-29-25-24-22(31-27(28)32-25)16-30-35(24)18-21-15-19(8-9-23(21)37-2)17-33-11-13-34(14-12-33)26(36)20-6-5-7-20/h8-9,15-16,20H,3-7,10-14,17-18H2,1-2H3,(H3,28,29,31,32). The van der Waals surface area contributed by atoms with E-state index >= 15 is 0 Å². The fraction of sp³-hybridized carbons (Fsp3) is 0.556. The average Bonchev–Trinajstić information content (AvgIpc) is 3.26. The predicted molar refractivity (Wildman–Crippen MR) is 144 cm³/mol. The van der Waals surface area contributed by atoms with E-state index in [-0.39, 0.29) is 11.9 Å². The molecule has 198 valence electrons. The third kappa shape index (κ3) is 5.64. The van der Waals surface area contributed by atoms with Crippen molar-refractivity contribution in [3.63, 3.8) is 0 Å². The molecule has 2 fully saturated rings. The summed E-state index contributed by atoms with van der Waals surface area (Å²) in [4.78, 5) is 25.9. The van der Waals surface area contributed by atoms with Gasteiger partial charge in [-0.2, -0.15) is 10.1 Å². The van der Waals surface area contributed by atoms with Crippen LogP contribution in [-0.4, -0.2) is 75.3 Å². The summed E-state index contributed by atoms with van der Waals surface area (Å²) < 4.78 is 7.61. The summed E-state index contributed by atoms with van der Waals surface area (Å²) in [5.74, 6) is 2.40. The molecule has 5 rings (SSSR count). The summed E-state index contributed by atoms with van der Waals surface area (Å²) in [5, 5.41) is 8.01. The van der Waals surface area contributed by atoms with Crippen LogP contribution >= 0.6 is 0 Å². The van der Waals surface area contributed by atoms with Gasteiger partial charge in [0.1, 0.15) is 16.8 Å². The van der Waals surface area contributed by atoms with Crippen LogP contribution in [0.15, 0.2) is 24.4 Å². The molecule has 37 heavy (non-hydrogen) atoms. The molecule has 10 nitrogen and oxygen atoms in total. The number of hydrogen-bond acceptors (Lipinski definition) is 8. The van der Waals surface area contributed by atoms with Crippen molar-refractivity contribution in [2.24, 2.45) is 5.92 Å². The molecule has 1 saturated heterocycles. The average molecular weight is 507 g/mol. The van der Waals surface area contributed by atoms with Crippen LogP contribution in [0.1, 0.15) is 50.2 Å². The Labute approximate surface area is 218 Å². The quantitative estimate of drug-likeness (QED) is 0.403. The molecule has 1 amide bonds. The van der Waals surface area contributed by atoms with Crippen molar-refractivity contribution in [3.05, 3.63) is 35.5 Å². The molecule has 2 aromatic heterocycles. The van der Waals surface area contributed by atoms with Crippen molar-refractivity contribution in [1.82, 2.24) is 29.5 Å². The molecule has 1 aliphatic carbocycles. The number of piperazine rings is 1. The first-order chi connectivity index (χ1) is 18.1. The highest BCUT2D eigenvalue weighted by Crippen LogP contribution is 2.29. The van der Waals surface area contributed by atoms with Crippen LogP contribution in [0.2, 0.25) is 0 Å². The maximum Gasteiger partial charge on any atom is 0.225 e. The first-order valence-corrected chi connectivity index (χ1v) is 13.5. The van der Waals surface area contributed by atoms with Crippen LogP contribution in [0, 0.1) is 5.92 Å². The molecule has 10 heteroatoms. The lowest BCUT2D eigenvalue weighted by atomic mass is 9.84. The van der Waals surface area contributed by atoms with Gasteiger partial charge in [0, 0.05) is 50.7 Å². The van der Waals surface area contributed by atoms with Crippen LogP contribution in [0.25, 0.3) is 11.0 Å². The number of amides is 1. The van der Waals surface area contributed by atoms with Crippen LogP contribution < -0.4 is 15.8 Å². The molecule has 0 atom stereocenters. The van der Waals surface area contributed by atoms with Gasteiger partial charge in [0.15, 0.2) is 5.82 Å². The summed E-state index contributed by atoms with van der Waals surface area (Å²) >= 11 is 0. The van der Waals surface area contributed by atoms with Crippen LogP contribution in [0.3, 0.4) is 0 Å². The van der Waals surface area contributed by atoms with Gasteiger partial charge >= 0.3 is 0 Å². The molecule has 1 saturated carbocycles. The Balaban J connectivity index is 1.30. The number of nitrogens with zero attached hydrogens (tertiary/aromatic N) is 6. The van der Waals surface area contributed by atoms with Gasteiger partial charge in [-0.1, -0.05) is 25.8 Å². The third-order valence-corrected chi connectivity index (χ3v) is 7.54. The fourth-order valence-corrected chi connectivity index (χ4v) is 5.16. The Morgan fingerprint density at radius 1 is 1.16 bits per heavy atom. The number of nitrogens with two attached hydrogens (primary N) is 1. The zero-order valence-electron chi connectivity index (χ0n) is 21.9. The van der Waals surface area contributed by atoms with E-state index in [4.69, 9.17) is 10.5 Å². The SMILES string of the molecule is CCCCNc1nc(N)nc2cnn(Cc3cc(CN4CCN(C(=O)C5CCC5)CC4)ccc3OC)c12. The van der Waals surface area contributed by atoms with Crippen molar-refractivity contribution in [2.75, 3.05) is 50.9 Å². The number of aromatic nitrogens is 4. The molecular formula is C27H38N8O2. The number of carbonyl (C=O) groups is 1. The molecule has 3 N–H and O–H groups in total. The largest absolute Gasteiger partial charge is 0.496 e. The summed E-state index contributed by atoms with van der Waals surface area (Å²) in [6.07, 6.45) is 7.19. The van der Waals surface area contributed by atoms with E-state index in [2.05, 4.69) is 49.2 Å². The first-order valence-electron chi connectivity index (χ1n) is 13.5. The Morgan fingerprint density at radius 2 is 1.97 bits per heavy atom. The number of rotatable bonds is 10. The second-order valence-corrected chi connectivity index (χ2v) is 10.1. The maximum absolute atomic E-state index is 12.6. The van der Waals surface area contributed by atoms with Crippen molar-refractivity contribution in [2.45, 2.75) is 52.1 Å². The number of ether oxygens (including phenoxy) is 1. The Kier molecular flexibility index (Phi) is 7.73. The highest BCUT2D eigenvalue weighted by Gasteiger charge is 2.31. The number of benzene rings is 1. The van der Waals surface area contributed by atoms with Crippen molar-refractivity contribution >= 4 is 28.7 Å². The zero-order valence-corrected chi connectivity index (χ0v) is 21.9. The number of nitrogens with one attached hydrogen (secondary N) is 1. The Bertz CT molecular complexity index is 1230. The smallest absolute Gasteiger partial charge is 0.225 e. The molecule has 1 aliphatic heterocycles. The fourth-order valence-electron chi connectivity index (χ4n) is 5.16. The van der Waals surface area contributed by atoms with Crippen molar-refractivity contribution < 1.29 is 9.53 Å². The molecule has 2 aliphatic rings.